The van der Waals surface area contributed by atoms with Crippen LogP contribution in [0.5, 0.6) is 0 Å². The number of allylic oxidation sites excluding steroid dienone is 1. The molecule has 1 fully saturated rings. The van der Waals surface area contributed by atoms with E-state index in [1.165, 1.54) is 18.4 Å². The maximum atomic E-state index is 4.32. The second-order valence-electron chi connectivity index (χ2n) is 6.00. The van der Waals surface area contributed by atoms with Crippen molar-refractivity contribution in [1.82, 2.24) is 15.1 Å². The van der Waals surface area contributed by atoms with Crippen molar-refractivity contribution in [1.29, 1.82) is 0 Å². The number of piperidine rings is 1. The zero-order chi connectivity index (χ0) is 14.5. The summed E-state index contributed by atoms with van der Waals surface area (Å²) in [5.74, 6) is 1.01. The van der Waals surface area contributed by atoms with Crippen LogP contribution >= 0.6 is 0 Å². The van der Waals surface area contributed by atoms with Gasteiger partial charge in [0.05, 0.1) is 5.69 Å². The maximum absolute atomic E-state index is 4.32. The molecule has 1 aromatic heterocycles. The molecule has 1 saturated heterocycles. The van der Waals surface area contributed by atoms with Gasteiger partial charge >= 0.3 is 0 Å². The summed E-state index contributed by atoms with van der Waals surface area (Å²) in [6.07, 6.45) is 4.78. The number of rotatable bonds is 4. The number of hydrogen-bond donors (Lipinski definition) is 0. The van der Waals surface area contributed by atoms with Gasteiger partial charge in [0.25, 0.3) is 0 Å². The minimum Gasteiger partial charge on any atom is -0.354 e. The molecule has 2 heterocycles. The number of nitrogens with zero attached hydrogens (tertiary/aromatic N) is 4. The minimum absolute atomic E-state index is 0.599. The normalized spacial score (nSPS) is 19.2. The Morgan fingerprint density at radius 3 is 2.85 bits per heavy atom. The zero-order valence-electron chi connectivity index (χ0n) is 13.1. The molecule has 0 saturated carbocycles. The minimum atomic E-state index is 0.599. The Morgan fingerprint density at radius 1 is 1.40 bits per heavy atom. The van der Waals surface area contributed by atoms with E-state index in [4.69, 9.17) is 0 Å². The van der Waals surface area contributed by atoms with E-state index in [0.29, 0.717) is 6.04 Å². The fraction of sp³-hybridized carbons (Fsp3) is 0.625. The molecule has 4 nitrogen and oxygen atoms in total. The van der Waals surface area contributed by atoms with Gasteiger partial charge in [0, 0.05) is 25.7 Å². The first-order valence-corrected chi connectivity index (χ1v) is 7.45. The van der Waals surface area contributed by atoms with Crippen molar-refractivity contribution in [3.05, 3.63) is 29.5 Å². The highest BCUT2D eigenvalue weighted by Gasteiger charge is 2.23. The van der Waals surface area contributed by atoms with Gasteiger partial charge in [-0.15, -0.1) is 5.10 Å². The van der Waals surface area contributed by atoms with E-state index in [1.54, 1.807) is 0 Å². The monoisotopic (exact) mass is 274 g/mol. The molecule has 0 N–H and O–H groups in total. The Kier molecular flexibility index (Phi) is 5.12. The Bertz CT molecular complexity index is 448. The second-order valence-corrected chi connectivity index (χ2v) is 6.00. The van der Waals surface area contributed by atoms with E-state index < -0.39 is 0 Å². The summed E-state index contributed by atoms with van der Waals surface area (Å²) in [5, 5.41) is 8.48. The molecular weight excluding hydrogens is 248 g/mol. The highest BCUT2D eigenvalue weighted by Crippen LogP contribution is 2.20. The summed E-state index contributed by atoms with van der Waals surface area (Å²) >= 11 is 0. The molecule has 4 heteroatoms. The van der Waals surface area contributed by atoms with Crippen molar-refractivity contribution >= 4 is 5.82 Å². The molecule has 0 radical (unpaired) electrons. The van der Waals surface area contributed by atoms with E-state index in [1.807, 2.05) is 13.0 Å². The van der Waals surface area contributed by atoms with Crippen LogP contribution in [0.4, 0.5) is 5.82 Å². The average molecular weight is 274 g/mol. The van der Waals surface area contributed by atoms with Crippen LogP contribution in [0, 0.1) is 6.92 Å². The van der Waals surface area contributed by atoms with E-state index in [2.05, 4.69) is 53.0 Å². The molecule has 20 heavy (non-hydrogen) atoms. The lowest BCUT2D eigenvalue weighted by Crippen LogP contribution is -2.47. The molecule has 0 amide bonds. The van der Waals surface area contributed by atoms with Gasteiger partial charge in [0.1, 0.15) is 0 Å². The number of likely N-dealkylation sites (N-methyl/N-ethyl adjacent to an activating group) is 1. The third kappa shape index (κ3) is 4.04. The molecule has 2 rings (SSSR count). The molecule has 1 aromatic rings. The second kappa shape index (κ2) is 6.84. The topological polar surface area (TPSA) is 32.3 Å². The Balaban J connectivity index is 1.97. The Labute approximate surface area is 122 Å². The predicted molar refractivity (Wildman–Crippen MR) is 84.1 cm³/mol. The molecule has 0 bridgehead atoms. The maximum Gasteiger partial charge on any atom is 0.151 e. The van der Waals surface area contributed by atoms with Crippen molar-refractivity contribution in [2.45, 2.75) is 39.7 Å². The van der Waals surface area contributed by atoms with Crippen LogP contribution in [-0.2, 0) is 0 Å². The highest BCUT2D eigenvalue weighted by atomic mass is 15.3. The predicted octanol–water partition coefficient (Wildman–Crippen LogP) is 2.65. The smallest absolute Gasteiger partial charge is 0.151 e. The lowest BCUT2D eigenvalue weighted by molar-refractivity contribution is 0.234. The van der Waals surface area contributed by atoms with Crippen molar-refractivity contribution in [3.63, 3.8) is 0 Å². The lowest BCUT2D eigenvalue weighted by Gasteiger charge is -2.37. The van der Waals surface area contributed by atoms with Crippen LogP contribution in [-0.4, -0.2) is 47.8 Å². The van der Waals surface area contributed by atoms with E-state index in [9.17, 15) is 0 Å². The van der Waals surface area contributed by atoms with Gasteiger partial charge in [-0.05, 0) is 52.8 Å². The van der Waals surface area contributed by atoms with Crippen LogP contribution < -0.4 is 4.90 Å². The third-order valence-corrected chi connectivity index (χ3v) is 3.92. The van der Waals surface area contributed by atoms with Crippen molar-refractivity contribution < 1.29 is 0 Å². The van der Waals surface area contributed by atoms with Crippen LogP contribution in [0.2, 0.25) is 0 Å². The Morgan fingerprint density at radius 2 is 2.20 bits per heavy atom. The molecule has 0 spiro atoms. The molecular formula is C16H26N4. The van der Waals surface area contributed by atoms with E-state index in [0.717, 1.165) is 31.1 Å². The van der Waals surface area contributed by atoms with Gasteiger partial charge in [0.2, 0.25) is 0 Å². The van der Waals surface area contributed by atoms with Crippen LogP contribution in [0.15, 0.2) is 23.8 Å². The number of aromatic nitrogens is 2. The Hall–Kier alpha value is -1.42. The van der Waals surface area contributed by atoms with E-state index >= 15 is 0 Å². The van der Waals surface area contributed by atoms with Gasteiger partial charge in [-0.25, -0.2) is 0 Å². The van der Waals surface area contributed by atoms with Gasteiger partial charge in [-0.3, -0.25) is 4.90 Å². The van der Waals surface area contributed by atoms with Gasteiger partial charge in [0.15, 0.2) is 5.82 Å². The highest BCUT2D eigenvalue weighted by molar-refractivity contribution is 5.38. The first-order valence-electron chi connectivity index (χ1n) is 7.45. The molecule has 0 aromatic carbocycles. The number of anilines is 1. The zero-order valence-corrected chi connectivity index (χ0v) is 13.1. The number of hydrogen-bond acceptors (Lipinski definition) is 4. The summed E-state index contributed by atoms with van der Waals surface area (Å²) in [6.45, 7) is 9.45. The third-order valence-electron chi connectivity index (χ3n) is 3.92. The van der Waals surface area contributed by atoms with Crippen LogP contribution in [0.25, 0.3) is 0 Å². The SMILES string of the molecule is CC(C)=CCN(C)[C@H]1CCCN(c2ccc(C)nn2)C1. The molecule has 0 aliphatic carbocycles. The van der Waals surface area contributed by atoms with Crippen molar-refractivity contribution in [2.24, 2.45) is 0 Å². The standard InChI is InChI=1S/C16H26N4/c1-13(2)9-11-19(4)15-6-5-10-20(12-15)16-8-7-14(3)17-18-16/h7-9,15H,5-6,10-12H2,1-4H3/t15-/m0/s1. The average Bonchev–Trinajstić information content (AvgIpc) is 2.45. The number of aryl methyl sites for hydroxylation is 1. The molecule has 1 atom stereocenters. The summed E-state index contributed by atoms with van der Waals surface area (Å²) < 4.78 is 0. The fourth-order valence-electron chi connectivity index (χ4n) is 2.56. The van der Waals surface area contributed by atoms with Gasteiger partial charge < -0.3 is 4.90 Å². The van der Waals surface area contributed by atoms with Crippen molar-refractivity contribution in [2.75, 3.05) is 31.6 Å². The molecule has 110 valence electrons. The van der Waals surface area contributed by atoms with Crippen molar-refractivity contribution in [3.8, 4) is 0 Å². The summed E-state index contributed by atoms with van der Waals surface area (Å²) in [6, 6.07) is 4.72. The first-order chi connectivity index (χ1) is 9.56. The van der Waals surface area contributed by atoms with Crippen LogP contribution in [0.1, 0.15) is 32.4 Å². The fourth-order valence-corrected chi connectivity index (χ4v) is 2.56. The quantitative estimate of drug-likeness (QED) is 0.790. The summed E-state index contributed by atoms with van der Waals surface area (Å²) in [5.41, 5.74) is 2.36. The molecule has 0 unspecified atom stereocenters. The van der Waals surface area contributed by atoms with Gasteiger partial charge in [-0.1, -0.05) is 11.6 Å². The van der Waals surface area contributed by atoms with Crippen LogP contribution in [0.3, 0.4) is 0 Å². The largest absolute Gasteiger partial charge is 0.354 e. The first kappa shape index (κ1) is 15.0. The van der Waals surface area contributed by atoms with Gasteiger partial charge in [-0.2, -0.15) is 5.10 Å². The molecule has 1 aliphatic heterocycles. The molecule has 1 aliphatic rings. The summed E-state index contributed by atoms with van der Waals surface area (Å²) in [4.78, 5) is 4.81. The lowest BCUT2D eigenvalue weighted by atomic mass is 10.0. The summed E-state index contributed by atoms with van der Waals surface area (Å²) in [7, 11) is 2.22. The van der Waals surface area contributed by atoms with E-state index in [-0.39, 0.29) is 0 Å².